The number of fused-ring (bicyclic) bond motifs is 1. The fraction of sp³-hybridized carbons (Fsp3) is 0.457. The first-order valence-corrected chi connectivity index (χ1v) is 17.1. The number of halogens is 2. The van der Waals surface area contributed by atoms with Crippen molar-refractivity contribution in [3.05, 3.63) is 65.8 Å². The van der Waals surface area contributed by atoms with Gasteiger partial charge in [-0.15, -0.1) is 5.10 Å². The Morgan fingerprint density at radius 3 is 2.45 bits per heavy atom. The molecule has 6 heterocycles. The molecule has 7 rings (SSSR count). The van der Waals surface area contributed by atoms with Gasteiger partial charge in [-0.25, -0.2) is 13.8 Å². The van der Waals surface area contributed by atoms with E-state index in [1.807, 2.05) is 38.7 Å². The molecule has 2 amide bonds. The van der Waals surface area contributed by atoms with Gasteiger partial charge in [0, 0.05) is 68.9 Å². The molecule has 3 aliphatic heterocycles. The van der Waals surface area contributed by atoms with E-state index in [-0.39, 0.29) is 36.0 Å². The van der Waals surface area contributed by atoms with Gasteiger partial charge >= 0.3 is 7.12 Å². The van der Waals surface area contributed by atoms with Crippen molar-refractivity contribution < 1.29 is 32.4 Å². The average Bonchev–Trinajstić information content (AvgIpc) is 3.85. The number of aryl methyl sites for hydroxylation is 1. The SMILES string of the molecule is COc1cc(F)cnc1N1CCN(C(=O)c2cc3c(B4OC(C)(C)C(C)(C)O4)cc(C4=CCCN(C(=O)CCn5ccnn5)C4)c(F)c3[nH]2)CC1. The summed E-state index contributed by atoms with van der Waals surface area (Å²) in [7, 11) is 0.628. The summed E-state index contributed by atoms with van der Waals surface area (Å²) < 4.78 is 50.2. The number of aromatic nitrogens is 5. The van der Waals surface area contributed by atoms with Crippen LogP contribution in [0.5, 0.6) is 5.75 Å². The van der Waals surface area contributed by atoms with Crippen molar-refractivity contribution >= 4 is 46.7 Å². The number of ether oxygens (including phenoxy) is 1. The Hall–Kier alpha value is -4.83. The first kappa shape index (κ1) is 34.6. The molecule has 1 aromatic carbocycles. The monoisotopic (exact) mass is 702 g/mol. The molecule has 2 saturated heterocycles. The fourth-order valence-corrected chi connectivity index (χ4v) is 6.77. The lowest BCUT2D eigenvalue weighted by Gasteiger charge is -2.35. The maximum absolute atomic E-state index is 16.7. The number of hydrogen-bond acceptors (Lipinski definition) is 9. The molecule has 0 radical (unpaired) electrons. The number of anilines is 1. The van der Waals surface area contributed by atoms with Crippen molar-refractivity contribution in [3.63, 3.8) is 0 Å². The second-order valence-corrected chi connectivity index (χ2v) is 14.1. The normalized spacial score (nSPS) is 18.8. The highest BCUT2D eigenvalue weighted by Crippen LogP contribution is 2.38. The topological polar surface area (TPSA) is 131 Å². The van der Waals surface area contributed by atoms with E-state index in [2.05, 4.69) is 20.3 Å². The van der Waals surface area contributed by atoms with E-state index in [0.717, 1.165) is 6.20 Å². The van der Waals surface area contributed by atoms with Crippen LogP contribution in [0.25, 0.3) is 16.5 Å². The van der Waals surface area contributed by atoms with Crippen LogP contribution in [0.15, 0.2) is 42.9 Å². The first-order chi connectivity index (χ1) is 24.3. The van der Waals surface area contributed by atoms with Gasteiger partial charge in [0.05, 0.1) is 42.8 Å². The molecule has 0 saturated carbocycles. The van der Waals surface area contributed by atoms with Crippen molar-refractivity contribution in [2.45, 2.75) is 58.3 Å². The first-order valence-electron chi connectivity index (χ1n) is 17.1. The Balaban J connectivity index is 1.17. The van der Waals surface area contributed by atoms with Crippen LogP contribution in [0.2, 0.25) is 0 Å². The summed E-state index contributed by atoms with van der Waals surface area (Å²) in [6.07, 6.45) is 7.16. The summed E-state index contributed by atoms with van der Waals surface area (Å²) >= 11 is 0. The van der Waals surface area contributed by atoms with Gasteiger partial charge in [0.2, 0.25) is 5.91 Å². The van der Waals surface area contributed by atoms with E-state index in [1.54, 1.807) is 39.0 Å². The summed E-state index contributed by atoms with van der Waals surface area (Å²) in [6.45, 7) is 10.6. The third-order valence-corrected chi connectivity index (χ3v) is 10.4. The smallest absolute Gasteiger partial charge is 0.493 e. The molecule has 268 valence electrons. The van der Waals surface area contributed by atoms with Crippen LogP contribution in [-0.2, 0) is 20.6 Å². The number of hydrogen-bond donors (Lipinski definition) is 1. The van der Waals surface area contributed by atoms with Crippen LogP contribution in [0.4, 0.5) is 14.6 Å². The van der Waals surface area contributed by atoms with Gasteiger partial charge in [-0.05, 0) is 51.2 Å². The largest absolute Gasteiger partial charge is 0.495 e. The zero-order valence-electron chi connectivity index (χ0n) is 29.4. The van der Waals surface area contributed by atoms with Crippen LogP contribution in [0.1, 0.15) is 56.6 Å². The van der Waals surface area contributed by atoms with Gasteiger partial charge in [-0.1, -0.05) is 17.4 Å². The van der Waals surface area contributed by atoms with E-state index in [9.17, 15) is 14.0 Å². The van der Waals surface area contributed by atoms with E-state index in [1.165, 1.54) is 13.2 Å². The highest BCUT2D eigenvalue weighted by molar-refractivity contribution is 6.65. The molecule has 2 fully saturated rings. The number of methoxy groups -OCH3 is 1. The van der Waals surface area contributed by atoms with Crippen LogP contribution in [0.3, 0.4) is 0 Å². The minimum atomic E-state index is -0.832. The predicted octanol–water partition coefficient (Wildman–Crippen LogP) is 3.41. The zero-order chi connectivity index (χ0) is 36.1. The Morgan fingerprint density at radius 1 is 1.02 bits per heavy atom. The molecule has 16 heteroatoms. The molecule has 0 atom stereocenters. The highest BCUT2D eigenvalue weighted by atomic mass is 19.1. The van der Waals surface area contributed by atoms with E-state index in [4.69, 9.17) is 14.0 Å². The van der Waals surface area contributed by atoms with E-state index in [0.29, 0.717) is 79.2 Å². The molecular formula is C35H41BF2N8O5. The molecule has 4 aromatic rings. The molecule has 0 aliphatic carbocycles. The maximum Gasteiger partial charge on any atom is 0.495 e. The predicted molar refractivity (Wildman–Crippen MR) is 187 cm³/mol. The van der Waals surface area contributed by atoms with E-state index >= 15 is 4.39 Å². The van der Waals surface area contributed by atoms with E-state index < -0.39 is 30.0 Å². The maximum atomic E-state index is 16.7. The molecule has 13 nitrogen and oxygen atoms in total. The van der Waals surface area contributed by atoms with Gasteiger partial charge in [0.25, 0.3) is 5.91 Å². The number of amides is 2. The molecule has 0 bridgehead atoms. The summed E-state index contributed by atoms with van der Waals surface area (Å²) in [6, 6.07) is 4.68. The molecule has 3 aliphatic rings. The van der Waals surface area contributed by atoms with Crippen LogP contribution >= 0.6 is 0 Å². The number of benzene rings is 1. The second kappa shape index (κ2) is 13.4. The number of nitrogens with one attached hydrogen (secondary N) is 1. The average molecular weight is 703 g/mol. The third-order valence-electron chi connectivity index (χ3n) is 10.4. The number of aromatic amines is 1. The number of piperazine rings is 1. The number of pyridine rings is 1. The Kier molecular flexibility index (Phi) is 9.08. The molecule has 0 spiro atoms. The van der Waals surface area contributed by atoms with Crippen molar-refractivity contribution in [2.24, 2.45) is 0 Å². The number of nitrogens with zero attached hydrogens (tertiary/aromatic N) is 7. The van der Waals surface area contributed by atoms with Gasteiger partial charge in [-0.3, -0.25) is 14.3 Å². The number of carbonyl (C=O) groups is 2. The zero-order valence-corrected chi connectivity index (χ0v) is 29.4. The highest BCUT2D eigenvalue weighted by Gasteiger charge is 2.52. The molecule has 1 N–H and O–H groups in total. The standard InChI is InChI=1S/C35H41BF2N8O5/c1-34(2)35(3,4)51-36(50-34)26-18-24(22-7-6-10-45(21-22)29(47)8-11-46-12-9-40-42-46)30(38)31-25(26)19-27(41-31)33(48)44-15-13-43(14-16-44)32-28(49-5)17-23(37)20-39-32/h7,9,12,17-20,41H,6,8,10-11,13-16,21H2,1-5H3. The summed E-state index contributed by atoms with van der Waals surface area (Å²) in [5.41, 5.74) is 0.638. The van der Waals surface area contributed by atoms with Crippen LogP contribution < -0.4 is 15.1 Å². The quantitative estimate of drug-likeness (QED) is 0.275. The number of carbonyl (C=O) groups excluding carboxylic acids is 2. The number of H-pyrrole nitrogens is 1. The molecule has 51 heavy (non-hydrogen) atoms. The molecule has 0 unspecified atom stereocenters. The van der Waals surface area contributed by atoms with Crippen molar-refractivity contribution in [2.75, 3.05) is 51.3 Å². The minimum Gasteiger partial charge on any atom is -0.493 e. The van der Waals surface area contributed by atoms with Gasteiger partial charge in [0.1, 0.15) is 11.5 Å². The van der Waals surface area contributed by atoms with Gasteiger partial charge < -0.3 is 33.7 Å². The minimum absolute atomic E-state index is 0.0646. The molecule has 3 aromatic heterocycles. The van der Waals surface area contributed by atoms with Crippen LogP contribution in [0, 0.1) is 11.6 Å². The number of rotatable bonds is 8. The molecular weight excluding hydrogens is 661 g/mol. The lowest BCUT2D eigenvalue weighted by Crippen LogP contribution is -2.49. The Bertz CT molecular complexity index is 1970. The van der Waals surface area contributed by atoms with Crippen molar-refractivity contribution in [3.8, 4) is 5.75 Å². The fourth-order valence-electron chi connectivity index (χ4n) is 6.77. The Labute approximate surface area is 294 Å². The summed E-state index contributed by atoms with van der Waals surface area (Å²) in [5, 5.41) is 8.20. The van der Waals surface area contributed by atoms with Crippen molar-refractivity contribution in [1.29, 1.82) is 0 Å². The summed E-state index contributed by atoms with van der Waals surface area (Å²) in [4.78, 5) is 39.8. The van der Waals surface area contributed by atoms with Gasteiger partial charge in [0.15, 0.2) is 17.4 Å². The van der Waals surface area contributed by atoms with Crippen LogP contribution in [-0.4, -0.2) is 111 Å². The Morgan fingerprint density at radius 2 is 1.76 bits per heavy atom. The lowest BCUT2D eigenvalue weighted by atomic mass is 9.75. The van der Waals surface area contributed by atoms with Gasteiger partial charge in [-0.2, -0.15) is 0 Å². The van der Waals surface area contributed by atoms with Crippen molar-refractivity contribution in [1.82, 2.24) is 34.8 Å². The lowest BCUT2D eigenvalue weighted by molar-refractivity contribution is -0.131. The third kappa shape index (κ3) is 6.57. The second-order valence-electron chi connectivity index (χ2n) is 14.1. The summed E-state index contributed by atoms with van der Waals surface area (Å²) in [5.74, 6) is -0.544.